The lowest BCUT2D eigenvalue weighted by atomic mass is 10.2. The lowest BCUT2D eigenvalue weighted by Crippen LogP contribution is -2.06. The van der Waals surface area contributed by atoms with Gasteiger partial charge in [-0.05, 0) is 24.6 Å². The van der Waals surface area contributed by atoms with Gasteiger partial charge in [-0.3, -0.25) is 0 Å². The van der Waals surface area contributed by atoms with E-state index in [1.54, 1.807) is 19.1 Å². The molecule has 0 N–H and O–H groups in total. The van der Waals surface area contributed by atoms with Crippen LogP contribution < -0.4 is 0 Å². The van der Waals surface area contributed by atoms with Gasteiger partial charge in [0.25, 0.3) is 0 Å². The topological polar surface area (TPSA) is 34.1 Å². The molecule has 1 rings (SSSR count). The molecule has 1 aromatic carbocycles. The molecule has 1 aromatic rings. The highest BCUT2D eigenvalue weighted by molar-refractivity contribution is 7.91. The Labute approximate surface area is 88.8 Å². The first kappa shape index (κ1) is 11.1. The van der Waals surface area contributed by atoms with E-state index in [-0.39, 0.29) is 10.6 Å². The van der Waals surface area contributed by atoms with Crippen molar-refractivity contribution in [1.82, 2.24) is 0 Å². The van der Waals surface area contributed by atoms with Crippen molar-refractivity contribution >= 4 is 21.4 Å². The Morgan fingerprint density at radius 3 is 2.71 bits per heavy atom. The molecule has 0 aliphatic heterocycles. The van der Waals surface area contributed by atoms with Gasteiger partial charge in [-0.15, -0.1) is 6.42 Å². The van der Waals surface area contributed by atoms with Gasteiger partial charge in [0.15, 0.2) is 9.84 Å². The Bertz CT molecular complexity index is 483. The normalized spacial score (nSPS) is 10.9. The number of rotatable bonds is 2. The average molecular weight is 229 g/mol. The van der Waals surface area contributed by atoms with Gasteiger partial charge in [-0.1, -0.05) is 23.6 Å². The number of hydrogen-bond acceptors (Lipinski definition) is 2. The van der Waals surface area contributed by atoms with E-state index in [1.165, 1.54) is 6.07 Å². The predicted molar refractivity (Wildman–Crippen MR) is 57.1 cm³/mol. The summed E-state index contributed by atoms with van der Waals surface area (Å²) in [6.07, 6.45) is 4.98. The summed E-state index contributed by atoms with van der Waals surface area (Å²) in [4.78, 5) is 0.211. The molecule has 0 aliphatic carbocycles. The first-order valence-electron chi connectivity index (χ1n) is 3.90. The maximum Gasteiger partial charge on any atom is 0.189 e. The SMILES string of the molecule is C#CCS(=O)(=O)c1cc(Cl)ccc1C. The van der Waals surface area contributed by atoms with Crippen LogP contribution in [0.3, 0.4) is 0 Å². The number of halogens is 1. The Hall–Kier alpha value is -0.980. The van der Waals surface area contributed by atoms with Gasteiger partial charge in [0.05, 0.1) is 4.90 Å². The second-order valence-electron chi connectivity index (χ2n) is 2.87. The van der Waals surface area contributed by atoms with Crippen molar-refractivity contribution in [3.8, 4) is 12.3 Å². The fraction of sp³-hybridized carbons (Fsp3) is 0.200. The minimum Gasteiger partial charge on any atom is -0.223 e. The molecule has 0 bridgehead atoms. The quantitative estimate of drug-likeness (QED) is 0.727. The lowest BCUT2D eigenvalue weighted by Gasteiger charge is -2.04. The number of terminal acetylenes is 1. The average Bonchev–Trinajstić information content (AvgIpc) is 2.09. The van der Waals surface area contributed by atoms with Crippen LogP contribution in [0.4, 0.5) is 0 Å². The minimum atomic E-state index is -3.38. The number of sulfone groups is 1. The second-order valence-corrected chi connectivity index (χ2v) is 5.27. The molecule has 4 heteroatoms. The third-order valence-corrected chi connectivity index (χ3v) is 3.65. The zero-order chi connectivity index (χ0) is 10.8. The zero-order valence-electron chi connectivity index (χ0n) is 7.62. The molecule has 0 saturated carbocycles. The molecule has 0 aliphatic rings. The van der Waals surface area contributed by atoms with Gasteiger partial charge in [0.1, 0.15) is 5.75 Å². The number of hydrogen-bond donors (Lipinski definition) is 0. The van der Waals surface area contributed by atoms with E-state index < -0.39 is 9.84 Å². The molecular weight excluding hydrogens is 220 g/mol. The Morgan fingerprint density at radius 2 is 2.14 bits per heavy atom. The first-order chi connectivity index (χ1) is 6.47. The summed E-state index contributed by atoms with van der Waals surface area (Å²) in [6.45, 7) is 1.71. The molecule has 0 aromatic heterocycles. The fourth-order valence-electron chi connectivity index (χ4n) is 1.10. The van der Waals surface area contributed by atoms with Gasteiger partial charge in [0.2, 0.25) is 0 Å². The van der Waals surface area contributed by atoms with Crippen LogP contribution in [0.1, 0.15) is 5.56 Å². The summed E-state index contributed by atoms with van der Waals surface area (Å²) < 4.78 is 23.2. The van der Waals surface area contributed by atoms with Crippen molar-refractivity contribution in [2.24, 2.45) is 0 Å². The van der Waals surface area contributed by atoms with Crippen molar-refractivity contribution in [1.29, 1.82) is 0 Å². The van der Waals surface area contributed by atoms with E-state index in [0.717, 1.165) is 0 Å². The van der Waals surface area contributed by atoms with Crippen LogP contribution in [0.15, 0.2) is 23.1 Å². The molecule has 0 radical (unpaired) electrons. The van der Waals surface area contributed by atoms with Crippen LogP contribution in [0.5, 0.6) is 0 Å². The maximum absolute atomic E-state index is 11.6. The number of aryl methyl sites for hydroxylation is 1. The largest absolute Gasteiger partial charge is 0.223 e. The summed E-state index contributed by atoms with van der Waals surface area (Å²) in [5, 5.41) is 0.395. The van der Waals surface area contributed by atoms with Gasteiger partial charge >= 0.3 is 0 Å². The third-order valence-electron chi connectivity index (χ3n) is 1.76. The van der Waals surface area contributed by atoms with Gasteiger partial charge in [-0.25, -0.2) is 8.42 Å². The minimum absolute atomic E-state index is 0.211. The van der Waals surface area contributed by atoms with Crippen molar-refractivity contribution in [3.05, 3.63) is 28.8 Å². The number of benzene rings is 1. The summed E-state index contributed by atoms with van der Waals surface area (Å²) >= 11 is 5.71. The molecule has 0 amide bonds. The van der Waals surface area contributed by atoms with E-state index in [2.05, 4.69) is 5.92 Å². The summed E-state index contributed by atoms with van der Waals surface area (Å²) in [7, 11) is -3.38. The van der Waals surface area contributed by atoms with Gasteiger partial charge < -0.3 is 0 Å². The highest BCUT2D eigenvalue weighted by Gasteiger charge is 2.15. The monoisotopic (exact) mass is 228 g/mol. The second kappa shape index (κ2) is 4.04. The molecule has 74 valence electrons. The molecule has 2 nitrogen and oxygen atoms in total. The molecule has 0 unspecified atom stereocenters. The Morgan fingerprint density at radius 1 is 1.50 bits per heavy atom. The Balaban J connectivity index is 3.33. The van der Waals surface area contributed by atoms with Crippen LogP contribution >= 0.6 is 11.6 Å². The van der Waals surface area contributed by atoms with Crippen LogP contribution in [0.2, 0.25) is 5.02 Å². The van der Waals surface area contributed by atoms with Crippen LogP contribution in [0.25, 0.3) is 0 Å². The van der Waals surface area contributed by atoms with E-state index in [9.17, 15) is 8.42 Å². The van der Waals surface area contributed by atoms with Crippen LogP contribution in [-0.2, 0) is 9.84 Å². The zero-order valence-corrected chi connectivity index (χ0v) is 9.19. The molecule has 14 heavy (non-hydrogen) atoms. The van der Waals surface area contributed by atoms with Gasteiger partial charge in [-0.2, -0.15) is 0 Å². The summed E-state index contributed by atoms with van der Waals surface area (Å²) in [5.74, 6) is 1.82. The van der Waals surface area contributed by atoms with Crippen molar-refractivity contribution in [2.45, 2.75) is 11.8 Å². The predicted octanol–water partition coefficient (Wildman–Crippen LogP) is 2.06. The van der Waals surface area contributed by atoms with Gasteiger partial charge in [0, 0.05) is 5.02 Å². The first-order valence-corrected chi connectivity index (χ1v) is 5.93. The molecule has 0 fully saturated rings. The summed E-state index contributed by atoms with van der Waals surface area (Å²) in [5.41, 5.74) is 0.657. The van der Waals surface area contributed by atoms with Crippen LogP contribution in [-0.4, -0.2) is 14.2 Å². The molecule has 0 saturated heterocycles. The highest BCUT2D eigenvalue weighted by atomic mass is 35.5. The van der Waals surface area contributed by atoms with Crippen LogP contribution in [0, 0.1) is 19.3 Å². The van der Waals surface area contributed by atoms with Crippen molar-refractivity contribution < 1.29 is 8.42 Å². The molecule has 0 heterocycles. The van der Waals surface area contributed by atoms with E-state index >= 15 is 0 Å². The van der Waals surface area contributed by atoms with E-state index in [1.807, 2.05) is 0 Å². The molecular formula is C10H9ClO2S. The standard InChI is InChI=1S/C10H9ClO2S/c1-3-6-14(12,13)10-7-9(11)5-4-8(10)2/h1,4-5,7H,6H2,2H3. The fourth-order valence-corrected chi connectivity index (χ4v) is 2.57. The van der Waals surface area contributed by atoms with Crippen molar-refractivity contribution in [2.75, 3.05) is 5.75 Å². The maximum atomic E-state index is 11.6. The Kier molecular flexibility index (Phi) is 3.20. The summed E-state index contributed by atoms with van der Waals surface area (Å²) in [6, 6.07) is 4.72. The van der Waals surface area contributed by atoms with Crippen molar-refractivity contribution in [3.63, 3.8) is 0 Å². The third kappa shape index (κ3) is 2.28. The lowest BCUT2D eigenvalue weighted by molar-refractivity contribution is 0.599. The van der Waals surface area contributed by atoms with E-state index in [0.29, 0.717) is 10.6 Å². The van der Waals surface area contributed by atoms with E-state index in [4.69, 9.17) is 18.0 Å². The highest BCUT2D eigenvalue weighted by Crippen LogP contribution is 2.20. The molecule has 0 spiro atoms. The smallest absolute Gasteiger partial charge is 0.189 e. The molecule has 0 atom stereocenters.